The number of nitrogens with zero attached hydrogens (tertiary/aromatic N) is 6. The molecule has 0 saturated heterocycles. The van der Waals surface area contributed by atoms with E-state index in [4.69, 9.17) is 0 Å². The summed E-state index contributed by atoms with van der Waals surface area (Å²) in [4.78, 5) is 0. The summed E-state index contributed by atoms with van der Waals surface area (Å²) in [6.45, 7) is 2.18. The zero-order valence-electron chi connectivity index (χ0n) is 50.2. The lowest BCUT2D eigenvalue weighted by atomic mass is 9.98. The molecule has 0 atom stereocenters. The highest BCUT2D eigenvalue weighted by atomic mass is 19.1. The van der Waals surface area contributed by atoms with Gasteiger partial charge in [0.05, 0.1) is 77.6 Å². The minimum absolute atomic E-state index is 0.435. The fraction of sp³-hybridized carbons (Fsp3) is 0.0118. The van der Waals surface area contributed by atoms with E-state index in [0.29, 0.717) is 11.1 Å². The van der Waals surface area contributed by atoms with Crippen molar-refractivity contribution in [2.45, 2.75) is 6.92 Å². The zero-order chi connectivity index (χ0) is 61.3. The fourth-order valence-corrected chi connectivity index (χ4v) is 16.0. The molecular formula is C85H52F2N6. The SMILES string of the molecule is Cc1c(-n2c3ccc(-n4c5ccccc5c5ccccc54)cc3c3cc(-n4c5ccccc5c5ccccc54)ccc32)ccc(-c2cc(F)cc(F)c2)c1-n1c2ccc(-n3c4ccccc4c4ccccc43)cc2c2cc(-n3c4ccccc4c4ccccc43)ccc21. The maximum absolute atomic E-state index is 16.0. The molecule has 20 rings (SSSR count). The molecule has 0 bridgehead atoms. The molecule has 0 N–H and O–H groups in total. The molecule has 6 nitrogen and oxygen atoms in total. The largest absolute Gasteiger partial charge is 0.309 e. The maximum Gasteiger partial charge on any atom is 0.126 e. The first kappa shape index (κ1) is 51.6. The van der Waals surface area contributed by atoms with Crippen LogP contribution in [-0.2, 0) is 0 Å². The maximum atomic E-state index is 16.0. The van der Waals surface area contributed by atoms with Crippen LogP contribution >= 0.6 is 0 Å². The van der Waals surface area contributed by atoms with Crippen LogP contribution < -0.4 is 0 Å². The summed E-state index contributed by atoms with van der Waals surface area (Å²) in [5.41, 5.74) is 20.8. The Hall–Kier alpha value is -12.3. The average Bonchev–Trinajstić information content (AvgIpc) is 1.57. The molecule has 0 amide bonds. The Bertz CT molecular complexity index is 6040. The number of hydrogen-bond donors (Lipinski definition) is 0. The highest BCUT2D eigenvalue weighted by Gasteiger charge is 2.26. The summed E-state index contributed by atoms with van der Waals surface area (Å²) >= 11 is 0. The molecule has 0 unspecified atom stereocenters. The number of aromatic nitrogens is 6. The van der Waals surface area contributed by atoms with Crippen LogP contribution in [0.5, 0.6) is 0 Å². The van der Waals surface area contributed by atoms with Crippen molar-refractivity contribution < 1.29 is 8.78 Å². The Balaban J connectivity index is 0.889. The van der Waals surface area contributed by atoms with Gasteiger partial charge in [-0.15, -0.1) is 0 Å². The molecule has 0 radical (unpaired) electrons. The summed E-state index contributed by atoms with van der Waals surface area (Å²) in [7, 11) is 0. The van der Waals surface area contributed by atoms with Gasteiger partial charge in [-0.25, -0.2) is 8.78 Å². The number of rotatable bonds is 7. The molecule has 0 saturated carbocycles. The van der Waals surface area contributed by atoms with E-state index in [1.807, 2.05) is 0 Å². The Morgan fingerprint density at radius 3 is 0.742 bits per heavy atom. The lowest BCUT2D eigenvalue weighted by Gasteiger charge is -2.22. The number of fused-ring (bicyclic) bond motifs is 18. The van der Waals surface area contributed by atoms with Crippen LogP contribution in [0.25, 0.3) is 176 Å². The number of para-hydroxylation sites is 8. The summed E-state index contributed by atoms with van der Waals surface area (Å²) < 4.78 is 46.3. The number of hydrogen-bond acceptors (Lipinski definition) is 0. The molecule has 436 valence electrons. The smallest absolute Gasteiger partial charge is 0.126 e. The highest BCUT2D eigenvalue weighted by Crippen LogP contribution is 2.46. The molecule has 20 aromatic rings. The van der Waals surface area contributed by atoms with E-state index < -0.39 is 11.6 Å². The lowest BCUT2D eigenvalue weighted by molar-refractivity contribution is 0.584. The van der Waals surface area contributed by atoms with Gasteiger partial charge in [0.15, 0.2) is 0 Å². The second-order valence-corrected chi connectivity index (χ2v) is 24.7. The predicted octanol–water partition coefficient (Wildman–Crippen LogP) is 22.5. The van der Waals surface area contributed by atoms with E-state index in [0.717, 1.165) is 133 Å². The second kappa shape index (κ2) is 19.4. The molecule has 0 aliphatic carbocycles. The second-order valence-electron chi connectivity index (χ2n) is 24.7. The van der Waals surface area contributed by atoms with Crippen molar-refractivity contribution in [2.75, 3.05) is 0 Å². The van der Waals surface area contributed by atoms with E-state index in [1.165, 1.54) is 55.2 Å². The first-order valence-corrected chi connectivity index (χ1v) is 31.6. The van der Waals surface area contributed by atoms with Crippen molar-refractivity contribution in [3.63, 3.8) is 0 Å². The lowest BCUT2D eigenvalue weighted by Crippen LogP contribution is -2.06. The average molecular weight is 1200 g/mol. The summed E-state index contributed by atoms with van der Waals surface area (Å²) in [5.74, 6) is -1.29. The summed E-state index contributed by atoms with van der Waals surface area (Å²) in [5, 5.41) is 13.7. The minimum Gasteiger partial charge on any atom is -0.309 e. The van der Waals surface area contributed by atoms with Crippen LogP contribution in [0.3, 0.4) is 0 Å². The monoisotopic (exact) mass is 1190 g/mol. The van der Waals surface area contributed by atoms with E-state index in [1.54, 1.807) is 0 Å². The molecule has 14 aromatic carbocycles. The predicted molar refractivity (Wildman–Crippen MR) is 383 cm³/mol. The van der Waals surface area contributed by atoms with Crippen LogP contribution in [0.15, 0.2) is 297 Å². The van der Waals surface area contributed by atoms with Crippen molar-refractivity contribution in [3.8, 4) is 45.3 Å². The summed E-state index contributed by atoms with van der Waals surface area (Å²) in [6.07, 6.45) is 0. The molecule has 0 aliphatic rings. The molecule has 0 spiro atoms. The first-order valence-electron chi connectivity index (χ1n) is 31.6. The van der Waals surface area contributed by atoms with Crippen LogP contribution in [0.4, 0.5) is 8.78 Å². The van der Waals surface area contributed by atoms with E-state index in [-0.39, 0.29) is 0 Å². The molecule has 0 fully saturated rings. The fourth-order valence-electron chi connectivity index (χ4n) is 16.0. The highest BCUT2D eigenvalue weighted by molar-refractivity contribution is 6.17. The normalized spacial score (nSPS) is 12.2. The molecular weight excluding hydrogens is 1140 g/mol. The standard InChI is InChI=1S/C85H52F2N6/c1-51-72(92-81-39-34-55(88-73-26-10-2-18-60(73)61-19-3-11-27-74(61)88)47-68(81)69-48-56(35-40-82(69)92)89-75-28-12-4-20-62(75)63-21-5-13-29-76(63)89)43-38-59(52-44-53(86)46-54(87)45-52)85(51)93-83-41-36-57(90-77-30-14-6-22-64(77)65-23-7-15-31-78(65)90)49-70(83)71-50-58(37-42-84(71)93)91-79-32-16-8-24-66(79)67-25-9-17-33-80(67)91/h2-50H,1H3. The van der Waals surface area contributed by atoms with Gasteiger partial charge in [0.2, 0.25) is 0 Å². The van der Waals surface area contributed by atoms with Gasteiger partial charge in [-0.3, -0.25) is 0 Å². The van der Waals surface area contributed by atoms with Crippen molar-refractivity contribution in [3.05, 3.63) is 314 Å². The summed E-state index contributed by atoms with van der Waals surface area (Å²) in [6, 6.07) is 105. The zero-order valence-corrected chi connectivity index (χ0v) is 50.2. The Labute approximate surface area is 530 Å². The Kier molecular flexibility index (Phi) is 10.8. The number of benzene rings is 14. The van der Waals surface area contributed by atoms with Gasteiger partial charge < -0.3 is 27.4 Å². The van der Waals surface area contributed by atoms with Gasteiger partial charge in [0.25, 0.3) is 0 Å². The number of halogens is 2. The molecule has 93 heavy (non-hydrogen) atoms. The minimum atomic E-state index is -0.646. The molecule has 6 heterocycles. The third-order valence-electron chi connectivity index (χ3n) is 19.9. The van der Waals surface area contributed by atoms with Crippen molar-refractivity contribution in [1.82, 2.24) is 27.4 Å². The molecule has 0 aliphatic heterocycles. The third-order valence-corrected chi connectivity index (χ3v) is 19.9. The Morgan fingerprint density at radius 1 is 0.215 bits per heavy atom. The van der Waals surface area contributed by atoms with Gasteiger partial charge in [-0.05, 0) is 158 Å². The molecule has 8 heteroatoms. The van der Waals surface area contributed by atoms with Crippen LogP contribution in [0, 0.1) is 18.6 Å². The van der Waals surface area contributed by atoms with E-state index >= 15 is 8.78 Å². The van der Waals surface area contributed by atoms with Crippen molar-refractivity contribution >= 4 is 131 Å². The van der Waals surface area contributed by atoms with Crippen molar-refractivity contribution in [1.29, 1.82) is 0 Å². The van der Waals surface area contributed by atoms with Gasteiger partial charge in [-0.2, -0.15) is 0 Å². The molecule has 6 aromatic heterocycles. The van der Waals surface area contributed by atoms with Crippen LogP contribution in [0.1, 0.15) is 5.56 Å². The third kappa shape index (κ3) is 7.31. The quantitative estimate of drug-likeness (QED) is 0.152. The van der Waals surface area contributed by atoms with Gasteiger partial charge >= 0.3 is 0 Å². The van der Waals surface area contributed by atoms with Gasteiger partial charge in [-0.1, -0.05) is 152 Å². The van der Waals surface area contributed by atoms with Crippen LogP contribution in [-0.4, -0.2) is 27.4 Å². The Morgan fingerprint density at radius 2 is 0.462 bits per heavy atom. The van der Waals surface area contributed by atoms with E-state index in [9.17, 15) is 0 Å². The first-order chi connectivity index (χ1) is 45.9. The topological polar surface area (TPSA) is 29.6 Å². The van der Waals surface area contributed by atoms with Gasteiger partial charge in [0, 0.05) is 99.0 Å². The van der Waals surface area contributed by atoms with Crippen LogP contribution in [0.2, 0.25) is 0 Å². The van der Waals surface area contributed by atoms with Crippen molar-refractivity contribution in [2.24, 2.45) is 0 Å². The van der Waals surface area contributed by atoms with E-state index in [2.05, 4.69) is 313 Å². The van der Waals surface area contributed by atoms with Gasteiger partial charge in [0.1, 0.15) is 11.6 Å².